The second-order valence-electron chi connectivity index (χ2n) is 4.61. The number of aromatic nitrogens is 2. The van der Waals surface area contributed by atoms with E-state index in [4.69, 9.17) is 5.11 Å². The molecule has 1 aliphatic rings. The van der Waals surface area contributed by atoms with E-state index in [1.165, 1.54) is 0 Å². The van der Waals surface area contributed by atoms with Crippen molar-refractivity contribution >= 4 is 11.8 Å². The molecule has 96 valence electrons. The van der Waals surface area contributed by atoms with Crippen molar-refractivity contribution in [1.29, 1.82) is 0 Å². The van der Waals surface area contributed by atoms with Crippen LogP contribution in [-0.2, 0) is 13.1 Å². The van der Waals surface area contributed by atoms with E-state index in [0.717, 1.165) is 29.3 Å². The first-order valence-corrected chi connectivity index (χ1v) is 6.03. The largest absolute Gasteiger partial charge is 0.478 e. The Bertz CT molecular complexity index is 655. The summed E-state index contributed by atoms with van der Waals surface area (Å²) in [5.74, 6) is 0.722. The summed E-state index contributed by atoms with van der Waals surface area (Å²) in [6, 6.07) is 7.14. The molecule has 0 bridgehead atoms. The van der Waals surface area contributed by atoms with E-state index in [-0.39, 0.29) is 0 Å². The predicted octanol–water partition coefficient (Wildman–Crippen LogP) is 2.00. The normalized spacial score (nSPS) is 13.4. The highest BCUT2D eigenvalue weighted by atomic mass is 16.4. The lowest BCUT2D eigenvalue weighted by molar-refractivity contribution is 0.0697. The minimum absolute atomic E-state index is 0.333. The zero-order valence-corrected chi connectivity index (χ0v) is 10.5. The molecule has 2 heterocycles. The molecule has 0 saturated carbocycles. The lowest BCUT2D eigenvalue weighted by Crippen LogP contribution is -2.16. The van der Waals surface area contributed by atoms with Crippen LogP contribution in [0.4, 0.5) is 5.82 Å². The van der Waals surface area contributed by atoms with Gasteiger partial charge in [0, 0.05) is 19.3 Å². The molecule has 0 spiro atoms. The van der Waals surface area contributed by atoms with Crippen LogP contribution in [0.2, 0.25) is 0 Å². The highest BCUT2D eigenvalue weighted by molar-refractivity contribution is 5.88. The first-order valence-electron chi connectivity index (χ1n) is 6.03. The van der Waals surface area contributed by atoms with Gasteiger partial charge in [-0.05, 0) is 36.2 Å². The van der Waals surface area contributed by atoms with Gasteiger partial charge in [-0.2, -0.15) is 0 Å². The molecule has 1 aromatic heterocycles. The van der Waals surface area contributed by atoms with Gasteiger partial charge in [-0.25, -0.2) is 14.8 Å². The van der Waals surface area contributed by atoms with E-state index >= 15 is 0 Å². The van der Waals surface area contributed by atoms with E-state index < -0.39 is 5.97 Å². The third-order valence-electron chi connectivity index (χ3n) is 3.26. The summed E-state index contributed by atoms with van der Waals surface area (Å²) in [6.45, 7) is 3.30. The molecule has 5 heteroatoms. The molecular weight excluding hydrogens is 242 g/mol. The summed E-state index contributed by atoms with van der Waals surface area (Å²) < 4.78 is 0. The molecule has 19 heavy (non-hydrogen) atoms. The zero-order valence-electron chi connectivity index (χ0n) is 10.5. The first-order chi connectivity index (χ1) is 9.13. The average Bonchev–Trinajstić information content (AvgIpc) is 2.81. The fraction of sp³-hybridized carbons (Fsp3) is 0.214. The molecule has 0 fully saturated rings. The van der Waals surface area contributed by atoms with Crippen LogP contribution >= 0.6 is 0 Å². The zero-order chi connectivity index (χ0) is 13.4. The molecule has 3 rings (SSSR count). The lowest BCUT2D eigenvalue weighted by Gasteiger charge is -2.16. The summed E-state index contributed by atoms with van der Waals surface area (Å²) in [6.07, 6.45) is 1.74. The standard InChI is InChI=1S/C14H13N3O2/c1-9-15-5-4-13(16-9)17-7-11-3-2-10(14(18)19)6-12(11)8-17/h2-6H,7-8H2,1H3,(H,18,19). The van der Waals surface area contributed by atoms with Crippen molar-refractivity contribution in [3.05, 3.63) is 53.0 Å². The molecule has 0 radical (unpaired) electrons. The van der Waals surface area contributed by atoms with Crippen molar-refractivity contribution in [3.8, 4) is 0 Å². The van der Waals surface area contributed by atoms with Crippen LogP contribution in [0.3, 0.4) is 0 Å². The Morgan fingerprint density at radius 1 is 1.26 bits per heavy atom. The maximum Gasteiger partial charge on any atom is 0.335 e. The van der Waals surface area contributed by atoms with Gasteiger partial charge in [-0.1, -0.05) is 6.07 Å². The van der Waals surface area contributed by atoms with Gasteiger partial charge in [-0.15, -0.1) is 0 Å². The van der Waals surface area contributed by atoms with Crippen molar-refractivity contribution in [2.24, 2.45) is 0 Å². The molecule has 1 aliphatic heterocycles. The van der Waals surface area contributed by atoms with Crippen LogP contribution in [0.25, 0.3) is 0 Å². The van der Waals surface area contributed by atoms with Crippen molar-refractivity contribution in [1.82, 2.24) is 9.97 Å². The van der Waals surface area contributed by atoms with Gasteiger partial charge in [-0.3, -0.25) is 0 Å². The lowest BCUT2D eigenvalue weighted by atomic mass is 10.1. The number of carboxylic acid groups (broad SMARTS) is 1. The van der Waals surface area contributed by atoms with Crippen LogP contribution < -0.4 is 4.90 Å². The fourth-order valence-corrected chi connectivity index (χ4v) is 2.31. The molecule has 0 unspecified atom stereocenters. The number of hydrogen-bond acceptors (Lipinski definition) is 4. The smallest absolute Gasteiger partial charge is 0.335 e. The Labute approximate surface area is 110 Å². The number of hydrogen-bond donors (Lipinski definition) is 1. The Hall–Kier alpha value is -2.43. The summed E-state index contributed by atoms with van der Waals surface area (Å²) in [7, 11) is 0. The molecule has 5 nitrogen and oxygen atoms in total. The van der Waals surface area contributed by atoms with E-state index in [1.54, 1.807) is 18.3 Å². The highest BCUT2D eigenvalue weighted by Crippen LogP contribution is 2.27. The number of carbonyl (C=O) groups is 1. The van der Waals surface area contributed by atoms with Crippen molar-refractivity contribution in [2.45, 2.75) is 20.0 Å². The third kappa shape index (κ3) is 2.14. The maximum atomic E-state index is 11.0. The fourth-order valence-electron chi connectivity index (χ4n) is 2.31. The predicted molar refractivity (Wildman–Crippen MR) is 70.1 cm³/mol. The van der Waals surface area contributed by atoms with Gasteiger partial charge in [0.1, 0.15) is 11.6 Å². The Morgan fingerprint density at radius 2 is 2.05 bits per heavy atom. The van der Waals surface area contributed by atoms with Gasteiger partial charge < -0.3 is 10.0 Å². The first kappa shape index (κ1) is 11.6. The number of fused-ring (bicyclic) bond motifs is 1. The minimum Gasteiger partial charge on any atom is -0.478 e. The Balaban J connectivity index is 1.90. The number of nitrogens with zero attached hydrogens (tertiary/aromatic N) is 3. The van der Waals surface area contributed by atoms with Gasteiger partial charge in [0.25, 0.3) is 0 Å². The highest BCUT2D eigenvalue weighted by Gasteiger charge is 2.21. The molecule has 0 saturated heterocycles. The van der Waals surface area contributed by atoms with E-state index in [1.807, 2.05) is 19.1 Å². The van der Waals surface area contributed by atoms with Gasteiger partial charge in [0.2, 0.25) is 0 Å². The average molecular weight is 255 g/mol. The molecule has 1 aromatic carbocycles. The quantitative estimate of drug-likeness (QED) is 0.889. The van der Waals surface area contributed by atoms with Crippen molar-refractivity contribution in [2.75, 3.05) is 4.90 Å². The number of aryl methyl sites for hydroxylation is 1. The maximum absolute atomic E-state index is 11.0. The summed E-state index contributed by atoms with van der Waals surface area (Å²) in [5, 5.41) is 9.00. The second kappa shape index (κ2) is 4.35. The van der Waals surface area contributed by atoms with E-state index in [9.17, 15) is 4.79 Å². The molecule has 0 amide bonds. The van der Waals surface area contributed by atoms with Gasteiger partial charge >= 0.3 is 5.97 Å². The number of rotatable bonds is 2. The molecule has 0 atom stereocenters. The van der Waals surface area contributed by atoms with Crippen LogP contribution in [0.15, 0.2) is 30.5 Å². The van der Waals surface area contributed by atoms with Crippen LogP contribution in [0.1, 0.15) is 27.3 Å². The van der Waals surface area contributed by atoms with Crippen molar-refractivity contribution in [3.63, 3.8) is 0 Å². The summed E-state index contributed by atoms with van der Waals surface area (Å²) in [4.78, 5) is 21.6. The summed E-state index contributed by atoms with van der Waals surface area (Å²) in [5.41, 5.74) is 2.54. The molecule has 0 aliphatic carbocycles. The SMILES string of the molecule is Cc1nccc(N2Cc3ccc(C(=O)O)cc3C2)n1. The van der Waals surface area contributed by atoms with E-state index in [2.05, 4.69) is 14.9 Å². The van der Waals surface area contributed by atoms with Crippen LogP contribution in [-0.4, -0.2) is 21.0 Å². The molecular formula is C14H13N3O2. The van der Waals surface area contributed by atoms with Crippen molar-refractivity contribution < 1.29 is 9.90 Å². The number of aromatic carboxylic acids is 1. The van der Waals surface area contributed by atoms with Gasteiger partial charge in [0.15, 0.2) is 0 Å². The van der Waals surface area contributed by atoms with Crippen LogP contribution in [0, 0.1) is 6.92 Å². The van der Waals surface area contributed by atoms with Gasteiger partial charge in [0.05, 0.1) is 5.56 Å². The van der Waals surface area contributed by atoms with E-state index in [0.29, 0.717) is 12.1 Å². The summed E-state index contributed by atoms with van der Waals surface area (Å²) >= 11 is 0. The third-order valence-corrected chi connectivity index (χ3v) is 3.26. The minimum atomic E-state index is -0.890. The monoisotopic (exact) mass is 255 g/mol. The number of anilines is 1. The van der Waals surface area contributed by atoms with Crippen LogP contribution in [0.5, 0.6) is 0 Å². The number of carboxylic acids is 1. The molecule has 2 aromatic rings. The Morgan fingerprint density at radius 3 is 2.79 bits per heavy atom. The second-order valence-corrected chi connectivity index (χ2v) is 4.61. The topological polar surface area (TPSA) is 66.3 Å². The molecule has 1 N–H and O–H groups in total. The Kier molecular flexibility index (Phi) is 2.67. The number of benzene rings is 1.